The molecule has 1 fully saturated rings. The molecular weight excluding hydrogens is 456 g/mol. The first kappa shape index (κ1) is 23.7. The highest BCUT2D eigenvalue weighted by atomic mass is 16.5. The van der Waals surface area contributed by atoms with E-state index in [2.05, 4.69) is 16.1 Å². The summed E-state index contributed by atoms with van der Waals surface area (Å²) in [7, 11) is 3.21. The number of methoxy groups -OCH3 is 2. The van der Waals surface area contributed by atoms with Crippen LogP contribution in [0.4, 0.5) is 11.4 Å². The number of nitrogens with zero attached hydrogens (tertiary/aromatic N) is 1. The maximum absolute atomic E-state index is 13.1. The summed E-state index contributed by atoms with van der Waals surface area (Å²) in [6.45, 7) is 3.04. The van der Waals surface area contributed by atoms with Gasteiger partial charge in [0, 0.05) is 24.3 Å². The molecule has 0 aromatic heterocycles. The first-order chi connectivity index (χ1) is 17.5. The van der Waals surface area contributed by atoms with E-state index in [9.17, 15) is 9.59 Å². The van der Waals surface area contributed by atoms with E-state index in [1.165, 1.54) is 0 Å². The molecule has 5 rings (SSSR count). The van der Waals surface area contributed by atoms with Crippen molar-refractivity contribution in [3.05, 3.63) is 82.9 Å². The Morgan fingerprint density at radius 2 is 1.81 bits per heavy atom. The topological polar surface area (TPSA) is 91.9 Å². The number of hydrogen-bond acceptors (Lipinski definition) is 6. The number of hydrogen-bond donors (Lipinski definition) is 3. The van der Waals surface area contributed by atoms with Gasteiger partial charge in [0.2, 0.25) is 5.91 Å². The lowest BCUT2D eigenvalue weighted by Gasteiger charge is -2.27. The number of rotatable bonds is 7. The summed E-state index contributed by atoms with van der Waals surface area (Å²) in [6, 6.07) is 19.0. The number of fused-ring (bicyclic) bond motifs is 3. The minimum absolute atomic E-state index is 0.0202. The smallest absolute Gasteiger partial charge is 0.251 e. The fourth-order valence-corrected chi connectivity index (χ4v) is 4.79. The van der Waals surface area contributed by atoms with Crippen molar-refractivity contribution in [2.45, 2.75) is 19.4 Å². The van der Waals surface area contributed by atoms with Crippen molar-refractivity contribution in [1.82, 2.24) is 10.7 Å². The van der Waals surface area contributed by atoms with Crippen molar-refractivity contribution in [3.8, 4) is 11.5 Å². The molecule has 0 saturated carbocycles. The summed E-state index contributed by atoms with van der Waals surface area (Å²) >= 11 is 0. The third-order valence-corrected chi connectivity index (χ3v) is 6.81. The van der Waals surface area contributed by atoms with Gasteiger partial charge in [0.1, 0.15) is 0 Å². The van der Waals surface area contributed by atoms with Crippen molar-refractivity contribution in [2.75, 3.05) is 37.6 Å². The Balaban J connectivity index is 1.27. The van der Waals surface area contributed by atoms with E-state index < -0.39 is 0 Å². The second kappa shape index (κ2) is 9.91. The zero-order valence-electron chi connectivity index (χ0n) is 20.6. The minimum atomic E-state index is -0.248. The molecule has 8 nitrogen and oxygen atoms in total. The van der Waals surface area contributed by atoms with Crippen LogP contribution in [0.1, 0.15) is 33.1 Å². The van der Waals surface area contributed by atoms with Crippen molar-refractivity contribution in [2.24, 2.45) is 5.92 Å². The van der Waals surface area contributed by atoms with Gasteiger partial charge in [0.05, 0.1) is 31.9 Å². The molecule has 2 unspecified atom stereocenters. The molecular formula is C28H30N4O4. The highest BCUT2D eigenvalue weighted by Gasteiger charge is 2.44. The molecule has 2 heterocycles. The van der Waals surface area contributed by atoms with E-state index in [4.69, 9.17) is 9.47 Å². The normalized spacial score (nSPS) is 18.2. The van der Waals surface area contributed by atoms with Crippen LogP contribution in [0.3, 0.4) is 0 Å². The van der Waals surface area contributed by atoms with Crippen LogP contribution in [-0.4, -0.2) is 39.1 Å². The predicted molar refractivity (Wildman–Crippen MR) is 139 cm³/mol. The molecule has 3 aromatic carbocycles. The van der Waals surface area contributed by atoms with Gasteiger partial charge in [0.15, 0.2) is 11.5 Å². The Morgan fingerprint density at radius 3 is 2.56 bits per heavy atom. The first-order valence-corrected chi connectivity index (χ1v) is 12.0. The maximum atomic E-state index is 13.1. The number of amides is 2. The Kier molecular flexibility index (Phi) is 6.52. The SMILES string of the molecule is COc1ccc(CCNC(=O)c2ccc3c(c2)C2NN(c4ccc(C)cc4)C(=O)C2CN3)cc1OC. The molecule has 8 heteroatoms. The van der Waals surface area contributed by atoms with Crippen LogP contribution in [0.25, 0.3) is 0 Å². The Hall–Kier alpha value is -4.04. The Bertz CT molecular complexity index is 1290. The molecule has 2 aliphatic rings. The summed E-state index contributed by atoms with van der Waals surface area (Å²) < 4.78 is 10.6. The van der Waals surface area contributed by atoms with Gasteiger partial charge >= 0.3 is 0 Å². The van der Waals surface area contributed by atoms with Crippen molar-refractivity contribution >= 4 is 23.2 Å². The molecule has 2 amide bonds. The number of nitrogens with one attached hydrogen (secondary N) is 3. The van der Waals surface area contributed by atoms with E-state index >= 15 is 0 Å². The third-order valence-electron chi connectivity index (χ3n) is 6.81. The van der Waals surface area contributed by atoms with Gasteiger partial charge in [-0.05, 0) is 66.9 Å². The van der Waals surface area contributed by atoms with Gasteiger partial charge in [-0.3, -0.25) is 9.59 Å². The van der Waals surface area contributed by atoms with Crippen LogP contribution in [0.15, 0.2) is 60.7 Å². The average Bonchev–Trinajstić information content (AvgIpc) is 3.25. The van der Waals surface area contributed by atoms with Crippen LogP contribution < -0.4 is 30.5 Å². The summed E-state index contributed by atoms with van der Waals surface area (Å²) in [4.78, 5) is 26.1. The Labute approximate surface area is 210 Å². The lowest BCUT2D eigenvalue weighted by Crippen LogP contribution is -2.35. The van der Waals surface area contributed by atoms with Gasteiger partial charge in [-0.15, -0.1) is 0 Å². The number of benzene rings is 3. The minimum Gasteiger partial charge on any atom is -0.493 e. The van der Waals surface area contributed by atoms with E-state index in [1.807, 2.05) is 67.6 Å². The highest BCUT2D eigenvalue weighted by molar-refractivity contribution is 5.99. The molecule has 186 valence electrons. The van der Waals surface area contributed by atoms with Crippen molar-refractivity contribution in [1.29, 1.82) is 0 Å². The summed E-state index contributed by atoms with van der Waals surface area (Å²) in [5, 5.41) is 7.98. The van der Waals surface area contributed by atoms with Crippen LogP contribution in [0.2, 0.25) is 0 Å². The molecule has 3 N–H and O–H groups in total. The van der Waals surface area contributed by atoms with Crippen LogP contribution in [-0.2, 0) is 11.2 Å². The fourth-order valence-electron chi connectivity index (χ4n) is 4.79. The van der Waals surface area contributed by atoms with Crippen molar-refractivity contribution < 1.29 is 19.1 Å². The van der Waals surface area contributed by atoms with E-state index in [1.54, 1.807) is 19.2 Å². The number of hydrazine groups is 1. The number of carbonyl (C=O) groups excluding carboxylic acids is 2. The van der Waals surface area contributed by atoms with Gasteiger partial charge < -0.3 is 20.1 Å². The van der Waals surface area contributed by atoms with Gasteiger partial charge in [-0.1, -0.05) is 23.8 Å². The van der Waals surface area contributed by atoms with E-state index in [0.717, 1.165) is 28.1 Å². The largest absolute Gasteiger partial charge is 0.493 e. The fraction of sp³-hybridized carbons (Fsp3) is 0.286. The molecule has 2 aliphatic heterocycles. The quantitative estimate of drug-likeness (QED) is 0.473. The number of ether oxygens (including phenoxy) is 2. The van der Waals surface area contributed by atoms with Gasteiger partial charge in [0.25, 0.3) is 5.91 Å². The summed E-state index contributed by atoms with van der Waals surface area (Å²) in [6.07, 6.45) is 0.658. The molecule has 3 aromatic rings. The molecule has 2 atom stereocenters. The lowest BCUT2D eigenvalue weighted by molar-refractivity contribution is -0.120. The van der Waals surface area contributed by atoms with Crippen LogP contribution >= 0.6 is 0 Å². The number of aryl methyl sites for hydroxylation is 1. The molecule has 36 heavy (non-hydrogen) atoms. The third kappa shape index (κ3) is 4.47. The standard InChI is InChI=1S/C28H30N4O4/c1-17-4-8-20(9-5-17)32-28(34)22-16-30-23-10-7-19(15-21(23)26(22)31-32)27(33)29-13-12-18-6-11-24(35-2)25(14-18)36-3/h4-11,14-15,22,26,30-31H,12-13,16H2,1-3H3,(H,29,33). The first-order valence-electron chi connectivity index (χ1n) is 12.0. The van der Waals surface area contributed by atoms with Crippen LogP contribution in [0, 0.1) is 12.8 Å². The van der Waals surface area contributed by atoms with E-state index in [-0.39, 0.29) is 23.8 Å². The highest BCUT2D eigenvalue weighted by Crippen LogP contribution is 2.40. The predicted octanol–water partition coefficient (Wildman–Crippen LogP) is 3.62. The van der Waals surface area contributed by atoms with Gasteiger partial charge in [-0.2, -0.15) is 0 Å². The second-order valence-corrected chi connectivity index (χ2v) is 9.10. The second-order valence-electron chi connectivity index (χ2n) is 9.10. The molecule has 0 bridgehead atoms. The van der Waals surface area contributed by atoms with Crippen molar-refractivity contribution in [3.63, 3.8) is 0 Å². The Morgan fingerprint density at radius 1 is 1.03 bits per heavy atom. The zero-order valence-corrected chi connectivity index (χ0v) is 20.6. The number of carbonyl (C=O) groups is 2. The average molecular weight is 487 g/mol. The zero-order chi connectivity index (χ0) is 25.2. The summed E-state index contributed by atoms with van der Waals surface area (Å²) in [5.41, 5.74) is 8.77. The number of anilines is 2. The van der Waals surface area contributed by atoms with E-state index in [0.29, 0.717) is 36.6 Å². The molecule has 0 spiro atoms. The lowest BCUT2D eigenvalue weighted by atomic mass is 9.88. The monoisotopic (exact) mass is 486 g/mol. The van der Waals surface area contributed by atoms with Gasteiger partial charge in [-0.25, -0.2) is 10.4 Å². The molecule has 0 radical (unpaired) electrons. The molecule has 1 saturated heterocycles. The van der Waals surface area contributed by atoms with Crippen LogP contribution in [0.5, 0.6) is 11.5 Å². The maximum Gasteiger partial charge on any atom is 0.251 e. The summed E-state index contributed by atoms with van der Waals surface area (Å²) in [5.74, 6) is 0.955. The molecule has 0 aliphatic carbocycles.